The number of hydrogen-bond acceptors (Lipinski definition) is 2. The quantitative estimate of drug-likeness (QED) is 0.142. The van der Waals surface area contributed by atoms with Gasteiger partial charge in [-0.1, -0.05) is 122 Å². The molecule has 0 atom stereocenters. The van der Waals surface area contributed by atoms with E-state index in [0.717, 1.165) is 83.8 Å². The minimum atomic E-state index is 0. The summed E-state index contributed by atoms with van der Waals surface area (Å²) in [4.78, 5) is 20.8. The average Bonchev–Trinajstić information content (AvgIpc) is 3.92. The number of rotatable bonds is 4. The maximum absolute atomic E-state index is 5.26. The van der Waals surface area contributed by atoms with Crippen LogP contribution in [0.2, 0.25) is 0 Å². The molecule has 8 bridgehead atoms. The van der Waals surface area contributed by atoms with E-state index in [1.165, 1.54) is 0 Å². The Bertz CT molecular complexity index is 2320. The van der Waals surface area contributed by atoms with E-state index in [4.69, 9.17) is 19.9 Å². The maximum Gasteiger partial charge on any atom is 2.00 e. The van der Waals surface area contributed by atoms with Crippen molar-refractivity contribution in [1.82, 2.24) is 19.9 Å². The van der Waals surface area contributed by atoms with Crippen LogP contribution in [0.5, 0.6) is 0 Å². The van der Waals surface area contributed by atoms with E-state index in [2.05, 4.69) is 97.3 Å². The molecule has 3 aromatic carbocycles. The van der Waals surface area contributed by atoms with Crippen LogP contribution in [-0.2, 0) is 19.5 Å². The van der Waals surface area contributed by atoms with Crippen LogP contribution in [0.3, 0.4) is 0 Å². The number of hydrogen-bond donors (Lipinski definition) is 0. The number of fused-ring (bicyclic) bond motifs is 8. The molecule has 0 fully saturated rings. The van der Waals surface area contributed by atoms with Crippen molar-refractivity contribution in [3.63, 3.8) is 0 Å². The molecular weight excluding hydrogens is 614 g/mol. The van der Waals surface area contributed by atoms with Gasteiger partial charge in [0.25, 0.3) is 0 Å². The molecule has 46 heavy (non-hydrogen) atoms. The van der Waals surface area contributed by atoms with Crippen molar-refractivity contribution < 1.29 is 19.5 Å². The largest absolute Gasteiger partial charge is 2.00 e. The first kappa shape index (κ1) is 29.1. The average molecular weight is 640 g/mol. The van der Waals surface area contributed by atoms with Crippen LogP contribution in [0.1, 0.15) is 28.3 Å². The topological polar surface area (TPSA) is 54.0 Å². The van der Waals surface area contributed by atoms with Gasteiger partial charge in [-0.05, 0) is 69.3 Å². The molecule has 2 aliphatic heterocycles. The van der Waals surface area contributed by atoms with Crippen LogP contribution in [0.15, 0.2) is 128 Å². The Morgan fingerprint density at radius 3 is 1.22 bits per heavy atom. The smallest absolute Gasteiger partial charge is 0.657 e. The van der Waals surface area contributed by atoms with Crippen molar-refractivity contribution in [2.75, 3.05) is 0 Å². The molecule has 2 aliphatic rings. The fraction of sp³-hybridized carbons (Fsp3) is 0. The minimum absolute atomic E-state index is 0. The Morgan fingerprint density at radius 1 is 0.457 bits per heavy atom. The molecule has 0 radical (unpaired) electrons. The summed E-state index contributed by atoms with van der Waals surface area (Å²) in [5.41, 5.74) is 16.5. The van der Waals surface area contributed by atoms with Gasteiger partial charge in [-0.25, -0.2) is 9.97 Å². The van der Waals surface area contributed by atoms with E-state index >= 15 is 0 Å². The third-order valence-electron chi connectivity index (χ3n) is 8.08. The van der Waals surface area contributed by atoms with Crippen molar-refractivity contribution >= 4 is 52.4 Å². The molecule has 6 aromatic rings. The van der Waals surface area contributed by atoms with Gasteiger partial charge >= 0.3 is 19.5 Å². The second kappa shape index (κ2) is 12.4. The van der Waals surface area contributed by atoms with E-state index in [0.29, 0.717) is 0 Å². The van der Waals surface area contributed by atoms with E-state index in [1.807, 2.05) is 60.7 Å². The molecule has 212 valence electrons. The van der Waals surface area contributed by atoms with E-state index < -0.39 is 0 Å². The zero-order chi connectivity index (χ0) is 30.2. The van der Waals surface area contributed by atoms with Gasteiger partial charge in [-0.15, -0.1) is 27.8 Å². The van der Waals surface area contributed by atoms with Crippen molar-refractivity contribution in [2.45, 2.75) is 0 Å². The molecule has 0 saturated carbocycles. The first-order valence-electron chi connectivity index (χ1n) is 14.8. The summed E-state index contributed by atoms with van der Waals surface area (Å²) >= 11 is 0. The van der Waals surface area contributed by atoms with Gasteiger partial charge in [0.2, 0.25) is 0 Å². The molecule has 4 nitrogen and oxygen atoms in total. The van der Waals surface area contributed by atoms with Crippen molar-refractivity contribution in [3.05, 3.63) is 156 Å². The van der Waals surface area contributed by atoms with Gasteiger partial charge in [-0.3, -0.25) is 0 Å². The molecule has 0 N–H and O–H groups in total. The van der Waals surface area contributed by atoms with Crippen LogP contribution in [-0.4, -0.2) is 9.97 Å². The van der Waals surface area contributed by atoms with Crippen molar-refractivity contribution in [1.29, 1.82) is 0 Å². The van der Waals surface area contributed by atoms with Gasteiger partial charge in [0.05, 0.1) is 22.8 Å². The first-order chi connectivity index (χ1) is 22.3. The molecule has 0 amide bonds. The summed E-state index contributed by atoms with van der Waals surface area (Å²) in [6, 6.07) is 39.2. The van der Waals surface area contributed by atoms with E-state index in [9.17, 15) is 0 Å². The maximum atomic E-state index is 5.26. The van der Waals surface area contributed by atoms with Gasteiger partial charge in [-0.2, -0.15) is 0 Å². The summed E-state index contributed by atoms with van der Waals surface area (Å²) in [5, 5.41) is 0. The van der Waals surface area contributed by atoms with Crippen LogP contribution in [0.25, 0.3) is 85.8 Å². The summed E-state index contributed by atoms with van der Waals surface area (Å²) in [5.74, 6) is 0. The molecule has 0 unspecified atom stereocenters. The van der Waals surface area contributed by atoms with Crippen LogP contribution >= 0.6 is 0 Å². The van der Waals surface area contributed by atoms with Gasteiger partial charge in [0, 0.05) is 0 Å². The molecule has 5 heteroatoms. The van der Waals surface area contributed by atoms with Crippen molar-refractivity contribution in [3.8, 4) is 33.4 Å². The Labute approximate surface area is 280 Å². The summed E-state index contributed by atoms with van der Waals surface area (Å²) in [6.45, 7) is 3.87. The summed E-state index contributed by atoms with van der Waals surface area (Å²) < 4.78 is 0. The van der Waals surface area contributed by atoms with E-state index in [1.54, 1.807) is 0 Å². The Balaban J connectivity index is 0.00000338. The Morgan fingerprint density at radius 2 is 0.804 bits per heavy atom. The molecule has 0 saturated heterocycles. The molecule has 3 aromatic heterocycles. The van der Waals surface area contributed by atoms with E-state index in [-0.39, 0.29) is 19.5 Å². The third kappa shape index (κ3) is 5.22. The van der Waals surface area contributed by atoms with Gasteiger partial charge in [0.1, 0.15) is 0 Å². The number of aromatic nitrogens is 4. The molecule has 5 heterocycles. The van der Waals surface area contributed by atoms with Crippen LogP contribution in [0.4, 0.5) is 0 Å². The fourth-order valence-electron chi connectivity index (χ4n) is 6.06. The predicted molar refractivity (Wildman–Crippen MR) is 187 cm³/mol. The third-order valence-corrected chi connectivity index (χ3v) is 8.08. The molecule has 0 spiro atoms. The standard InChI is InChI=1S/C41H26N4.Zn/c1-2-12-30-31-19-21-33(42-31)39(27-13-6-3-7-14-27)35-23-25-37(44-35)41(29-17-10-5-11-18-29)38-26-24-36(45-38)40(28-15-8-4-9-16-28)34-22-20-32(30)43-34;/h3-26H,1H2;/q-2;+2. The molecular formula is C41H26N4Zn. The van der Waals surface area contributed by atoms with Crippen molar-refractivity contribution in [2.24, 2.45) is 0 Å². The van der Waals surface area contributed by atoms with Crippen LogP contribution in [0, 0.1) is 0 Å². The number of nitrogens with zero attached hydrogens (tertiary/aromatic N) is 4. The Hall–Kier alpha value is -5.60. The summed E-state index contributed by atoms with van der Waals surface area (Å²) in [7, 11) is 0. The number of benzene rings is 3. The van der Waals surface area contributed by atoms with Crippen LogP contribution < -0.4 is 9.97 Å². The second-order valence-corrected chi connectivity index (χ2v) is 10.8. The molecule has 0 aliphatic carbocycles. The summed E-state index contributed by atoms with van der Waals surface area (Å²) in [6.07, 6.45) is 10.1. The molecule has 8 rings (SSSR count). The second-order valence-electron chi connectivity index (χ2n) is 10.8. The normalized spacial score (nSPS) is 11.6. The monoisotopic (exact) mass is 638 g/mol. The van der Waals surface area contributed by atoms with Gasteiger partial charge in [0.15, 0.2) is 0 Å². The Kier molecular flexibility index (Phi) is 7.87. The van der Waals surface area contributed by atoms with Gasteiger partial charge < -0.3 is 9.97 Å². The minimum Gasteiger partial charge on any atom is -0.657 e. The SMILES string of the molecule is C=C=Cc1c2nc(c(-c3ccccc3)c3ccc([n-]3)c(-c3ccccc3)c3nc(c(-c4ccccc4)c4ccc1[n-]4)C=C3)C=C2.[Zn+2]. The zero-order valence-corrected chi connectivity index (χ0v) is 28.0. The first-order valence-corrected chi connectivity index (χ1v) is 14.8. The fourth-order valence-corrected chi connectivity index (χ4v) is 6.06. The zero-order valence-electron chi connectivity index (χ0n) is 25.1. The predicted octanol–water partition coefficient (Wildman–Crippen LogP) is 9.71.